The van der Waals surface area contributed by atoms with E-state index in [2.05, 4.69) is 4.74 Å². The molecular weight excluding hydrogens is 290 g/mol. The van der Waals surface area contributed by atoms with Crippen LogP contribution in [0.2, 0.25) is 0 Å². The molecule has 0 aliphatic rings. The Bertz CT molecular complexity index is 817. The van der Waals surface area contributed by atoms with Gasteiger partial charge in [-0.3, -0.25) is 0 Å². The number of carbonyl (C=O) groups excluding carboxylic acids is 1. The van der Waals surface area contributed by atoms with Crippen molar-refractivity contribution in [1.82, 2.24) is 4.57 Å². The van der Waals surface area contributed by atoms with Crippen LogP contribution >= 0.6 is 0 Å². The Kier molecular flexibility index (Phi) is 3.73. The van der Waals surface area contributed by atoms with Crippen LogP contribution in [-0.2, 0) is 4.74 Å². The van der Waals surface area contributed by atoms with Gasteiger partial charge in [0.05, 0.1) is 29.6 Å². The molecule has 0 radical (unpaired) electrons. The molecule has 0 saturated heterocycles. The number of nitrogen functional groups attached to an aromatic ring is 1. The van der Waals surface area contributed by atoms with E-state index in [4.69, 9.17) is 16.1 Å². The molecule has 2 rings (SSSR count). The summed E-state index contributed by atoms with van der Waals surface area (Å²) >= 11 is 0. The van der Waals surface area contributed by atoms with E-state index < -0.39 is 11.9 Å². The number of esters is 1. The fourth-order valence-electron chi connectivity index (χ4n) is 1.98. The average molecular weight is 301 g/mol. The number of carboxylic acid groups (broad SMARTS) is 1. The zero-order valence-corrected chi connectivity index (χ0v) is 11.4. The van der Waals surface area contributed by atoms with Crippen LogP contribution in [0.3, 0.4) is 0 Å². The summed E-state index contributed by atoms with van der Waals surface area (Å²) in [6.45, 7) is 0. The highest BCUT2D eigenvalue weighted by Gasteiger charge is 2.22. The second-order valence-electron chi connectivity index (χ2n) is 4.32. The van der Waals surface area contributed by atoms with Crippen molar-refractivity contribution in [2.45, 2.75) is 0 Å². The summed E-state index contributed by atoms with van der Waals surface area (Å²) in [7, 11) is 1.15. The zero-order valence-electron chi connectivity index (χ0n) is 11.4. The predicted octanol–water partition coefficient (Wildman–Crippen LogP) is 1.12. The fourth-order valence-corrected chi connectivity index (χ4v) is 1.98. The van der Waals surface area contributed by atoms with Crippen LogP contribution in [-0.4, -0.2) is 33.8 Å². The third-order valence-electron chi connectivity index (χ3n) is 2.97. The van der Waals surface area contributed by atoms with E-state index in [-0.39, 0.29) is 33.9 Å². The standard InChI is InChI=1S/C14H11N3O5/c1-22-14(21)12-11(16)8(5-15)6-17(12)9-2-7(13(19)20)3-10(18)4-9/h2-4,6,18H,16H2,1H3,(H,19,20). The molecule has 112 valence electrons. The summed E-state index contributed by atoms with van der Waals surface area (Å²) < 4.78 is 5.82. The number of phenols is 1. The molecule has 4 N–H and O–H groups in total. The minimum atomic E-state index is -1.25. The molecule has 22 heavy (non-hydrogen) atoms. The van der Waals surface area contributed by atoms with Gasteiger partial charge in [0.2, 0.25) is 0 Å². The average Bonchev–Trinajstić information content (AvgIpc) is 2.82. The number of carboxylic acids is 1. The molecule has 0 atom stereocenters. The van der Waals surface area contributed by atoms with Crippen LogP contribution in [0.25, 0.3) is 5.69 Å². The zero-order chi connectivity index (χ0) is 16.4. The van der Waals surface area contributed by atoms with Crippen molar-refractivity contribution in [3.63, 3.8) is 0 Å². The molecule has 1 aromatic carbocycles. The molecule has 0 bridgehead atoms. The summed E-state index contributed by atoms with van der Waals surface area (Å²) in [4.78, 5) is 22.9. The number of aromatic hydroxyl groups is 1. The number of aromatic carboxylic acids is 1. The number of nitrogens with two attached hydrogens (primary N) is 1. The number of nitriles is 1. The molecule has 0 saturated carbocycles. The number of hydrogen-bond acceptors (Lipinski definition) is 6. The lowest BCUT2D eigenvalue weighted by atomic mass is 10.2. The minimum absolute atomic E-state index is 0.0283. The number of aromatic nitrogens is 1. The van der Waals surface area contributed by atoms with Gasteiger partial charge in [0.1, 0.15) is 11.8 Å². The van der Waals surface area contributed by atoms with Gasteiger partial charge in [-0.2, -0.15) is 5.26 Å². The summed E-state index contributed by atoms with van der Waals surface area (Å²) in [5.74, 6) is -2.35. The van der Waals surface area contributed by atoms with Gasteiger partial charge in [0.15, 0.2) is 5.69 Å². The van der Waals surface area contributed by atoms with Crippen molar-refractivity contribution in [3.8, 4) is 17.5 Å². The highest BCUT2D eigenvalue weighted by atomic mass is 16.5. The first-order valence-electron chi connectivity index (χ1n) is 5.96. The Balaban J connectivity index is 2.75. The van der Waals surface area contributed by atoms with Crippen LogP contribution in [0.15, 0.2) is 24.4 Å². The predicted molar refractivity (Wildman–Crippen MR) is 74.9 cm³/mol. The van der Waals surface area contributed by atoms with Gasteiger partial charge < -0.3 is 25.3 Å². The van der Waals surface area contributed by atoms with Gasteiger partial charge in [-0.05, 0) is 12.1 Å². The number of ether oxygens (including phenoxy) is 1. The van der Waals surface area contributed by atoms with E-state index in [1.54, 1.807) is 0 Å². The number of carbonyl (C=O) groups is 2. The van der Waals surface area contributed by atoms with Crippen molar-refractivity contribution in [1.29, 1.82) is 5.26 Å². The number of anilines is 1. The topological polar surface area (TPSA) is 139 Å². The number of benzene rings is 1. The van der Waals surface area contributed by atoms with Crippen LogP contribution in [0.4, 0.5) is 5.69 Å². The first-order chi connectivity index (χ1) is 10.4. The largest absolute Gasteiger partial charge is 0.508 e. The number of rotatable bonds is 3. The maximum absolute atomic E-state index is 11.9. The van der Waals surface area contributed by atoms with Gasteiger partial charge in [-0.25, -0.2) is 9.59 Å². The van der Waals surface area contributed by atoms with Crippen LogP contribution in [0, 0.1) is 11.3 Å². The number of phenolic OH excluding ortho intramolecular Hbond substituents is 1. The third-order valence-corrected chi connectivity index (χ3v) is 2.97. The lowest BCUT2D eigenvalue weighted by Gasteiger charge is -2.10. The maximum Gasteiger partial charge on any atom is 0.357 e. The summed E-state index contributed by atoms with van der Waals surface area (Å²) in [5, 5.41) is 27.7. The third kappa shape index (κ3) is 2.43. The Morgan fingerprint density at radius 2 is 2.05 bits per heavy atom. The normalized spacial score (nSPS) is 10.0. The molecule has 8 nitrogen and oxygen atoms in total. The number of hydrogen-bond donors (Lipinski definition) is 3. The van der Waals surface area contributed by atoms with E-state index in [0.29, 0.717) is 0 Å². The molecule has 0 fully saturated rings. The van der Waals surface area contributed by atoms with Gasteiger partial charge >= 0.3 is 11.9 Å². The van der Waals surface area contributed by atoms with Crippen molar-refractivity contribution in [3.05, 3.63) is 41.2 Å². The molecule has 0 aliphatic carbocycles. The van der Waals surface area contributed by atoms with Gasteiger partial charge in [-0.1, -0.05) is 0 Å². The molecule has 0 amide bonds. The second kappa shape index (κ2) is 5.49. The first-order valence-corrected chi connectivity index (χ1v) is 5.96. The number of nitrogens with zero attached hydrogens (tertiary/aromatic N) is 2. The van der Waals surface area contributed by atoms with Gasteiger partial charge in [0.25, 0.3) is 0 Å². The van der Waals surface area contributed by atoms with Crippen LogP contribution in [0.5, 0.6) is 5.75 Å². The molecule has 2 aromatic rings. The minimum Gasteiger partial charge on any atom is -0.508 e. The van der Waals surface area contributed by atoms with E-state index in [1.807, 2.05) is 6.07 Å². The summed E-state index contributed by atoms with van der Waals surface area (Å²) in [5.41, 5.74) is 5.53. The second-order valence-corrected chi connectivity index (χ2v) is 4.32. The number of methoxy groups -OCH3 is 1. The highest BCUT2D eigenvalue weighted by molar-refractivity contribution is 5.96. The smallest absolute Gasteiger partial charge is 0.357 e. The van der Waals surface area contributed by atoms with E-state index in [9.17, 15) is 14.7 Å². The first kappa shape index (κ1) is 14.9. The molecule has 8 heteroatoms. The van der Waals surface area contributed by atoms with Crippen molar-refractivity contribution in [2.24, 2.45) is 0 Å². The highest BCUT2D eigenvalue weighted by Crippen LogP contribution is 2.27. The molecule has 1 aromatic heterocycles. The fraction of sp³-hybridized carbons (Fsp3) is 0.0714. The molecule has 0 aliphatic heterocycles. The quantitative estimate of drug-likeness (QED) is 0.722. The Hall–Kier alpha value is -3.47. The van der Waals surface area contributed by atoms with Crippen LogP contribution in [0.1, 0.15) is 26.4 Å². The van der Waals surface area contributed by atoms with Crippen LogP contribution < -0.4 is 5.73 Å². The molecule has 0 unspecified atom stereocenters. The van der Waals surface area contributed by atoms with E-state index in [1.165, 1.54) is 22.9 Å². The lowest BCUT2D eigenvalue weighted by Crippen LogP contribution is -2.11. The SMILES string of the molecule is COC(=O)c1c(N)c(C#N)cn1-c1cc(O)cc(C(=O)O)c1. The van der Waals surface area contributed by atoms with Crippen molar-refractivity contribution >= 4 is 17.6 Å². The molecule has 1 heterocycles. The van der Waals surface area contributed by atoms with Gasteiger partial charge in [-0.15, -0.1) is 0 Å². The molecule has 0 spiro atoms. The van der Waals surface area contributed by atoms with E-state index >= 15 is 0 Å². The summed E-state index contributed by atoms with van der Waals surface area (Å²) in [6.07, 6.45) is 1.27. The summed E-state index contributed by atoms with van der Waals surface area (Å²) in [6, 6.07) is 5.35. The molecular formula is C14H11N3O5. The van der Waals surface area contributed by atoms with Crippen molar-refractivity contribution in [2.75, 3.05) is 12.8 Å². The Morgan fingerprint density at radius 3 is 2.59 bits per heavy atom. The van der Waals surface area contributed by atoms with E-state index in [0.717, 1.165) is 13.2 Å². The van der Waals surface area contributed by atoms with Crippen molar-refractivity contribution < 1.29 is 24.5 Å². The Morgan fingerprint density at radius 1 is 1.36 bits per heavy atom. The lowest BCUT2D eigenvalue weighted by molar-refractivity contribution is 0.0592. The monoisotopic (exact) mass is 301 g/mol. The Labute approximate surface area is 124 Å². The van der Waals surface area contributed by atoms with Gasteiger partial charge in [0, 0.05) is 12.3 Å². The maximum atomic E-state index is 11.9.